The first-order chi connectivity index (χ1) is 15.8. The molecule has 0 aliphatic carbocycles. The Morgan fingerprint density at radius 2 is 1.76 bits per heavy atom. The molecule has 0 spiro atoms. The number of carbonyl (C=O) groups is 1. The number of anilines is 1. The Labute approximate surface area is 205 Å². The van der Waals surface area contributed by atoms with Crippen LogP contribution in [0.1, 0.15) is 12.5 Å². The van der Waals surface area contributed by atoms with Crippen molar-refractivity contribution in [3.63, 3.8) is 0 Å². The molecule has 7 nitrogen and oxygen atoms in total. The summed E-state index contributed by atoms with van der Waals surface area (Å²) in [6.45, 7) is 2.00. The summed E-state index contributed by atoms with van der Waals surface area (Å²) in [7, 11) is -4.06. The maximum absolute atomic E-state index is 12.6. The van der Waals surface area contributed by atoms with Gasteiger partial charge in [0.2, 0.25) is 0 Å². The minimum atomic E-state index is -4.06. The molecule has 0 aromatic heterocycles. The smallest absolute Gasteiger partial charge is 0.339 e. The zero-order valence-corrected chi connectivity index (χ0v) is 20.5. The van der Waals surface area contributed by atoms with E-state index in [2.05, 4.69) is 27.9 Å². The van der Waals surface area contributed by atoms with Crippen molar-refractivity contribution in [3.8, 4) is 17.6 Å². The third-order valence-corrected chi connectivity index (χ3v) is 6.24. The lowest BCUT2D eigenvalue weighted by molar-refractivity contribution is -0.112. The van der Waals surface area contributed by atoms with Crippen molar-refractivity contribution in [2.24, 2.45) is 0 Å². The maximum Gasteiger partial charge on any atom is 0.339 e. The molecule has 3 aromatic rings. The highest BCUT2D eigenvalue weighted by atomic mass is 127. The number of ether oxygens (including phenoxy) is 1. The number of benzene rings is 3. The monoisotopic (exact) mass is 574 g/mol. The predicted molar refractivity (Wildman–Crippen MR) is 133 cm³/mol. The molecule has 0 aliphatic heterocycles. The van der Waals surface area contributed by atoms with Crippen LogP contribution in [-0.2, 0) is 14.9 Å². The van der Waals surface area contributed by atoms with E-state index in [-0.39, 0.29) is 28.6 Å². The van der Waals surface area contributed by atoms with Crippen LogP contribution in [0.25, 0.3) is 6.08 Å². The van der Waals surface area contributed by atoms with Gasteiger partial charge in [-0.1, -0.05) is 24.3 Å². The molecule has 1 N–H and O–H groups in total. The number of nitrogens with zero attached hydrogens (tertiary/aromatic N) is 1. The molecule has 0 heterocycles. The number of carbonyl (C=O) groups excluding carboxylic acids is 1. The minimum absolute atomic E-state index is 0.000277. The first-order valence-electron chi connectivity index (χ1n) is 9.77. The molecule has 9 heteroatoms. The maximum atomic E-state index is 12.6. The van der Waals surface area contributed by atoms with Gasteiger partial charge in [0.1, 0.15) is 16.5 Å². The lowest BCUT2D eigenvalue weighted by Gasteiger charge is -2.13. The third kappa shape index (κ3) is 6.57. The van der Waals surface area contributed by atoms with Gasteiger partial charge in [0.05, 0.1) is 6.61 Å². The van der Waals surface area contributed by atoms with Crippen LogP contribution in [0.3, 0.4) is 0 Å². The Hall–Kier alpha value is -3.36. The van der Waals surface area contributed by atoms with Crippen LogP contribution in [0.2, 0.25) is 0 Å². The highest BCUT2D eigenvalue weighted by Gasteiger charge is 2.19. The fraction of sp³-hybridized carbons (Fsp3) is 0.0833. The van der Waals surface area contributed by atoms with Gasteiger partial charge < -0.3 is 14.2 Å². The van der Waals surface area contributed by atoms with Crippen LogP contribution < -0.4 is 14.2 Å². The molecule has 0 saturated heterocycles. The highest BCUT2D eigenvalue weighted by molar-refractivity contribution is 14.1. The normalized spacial score (nSPS) is 11.4. The average Bonchev–Trinajstić information content (AvgIpc) is 2.81. The van der Waals surface area contributed by atoms with E-state index in [1.807, 2.05) is 18.2 Å². The first kappa shape index (κ1) is 24.3. The van der Waals surface area contributed by atoms with Crippen LogP contribution in [-0.4, -0.2) is 20.9 Å². The van der Waals surface area contributed by atoms with Crippen molar-refractivity contribution in [3.05, 3.63) is 87.5 Å². The van der Waals surface area contributed by atoms with Gasteiger partial charge in [-0.15, -0.1) is 0 Å². The Balaban J connectivity index is 1.86. The Kier molecular flexibility index (Phi) is 8.08. The highest BCUT2D eigenvalue weighted by Crippen LogP contribution is 2.32. The van der Waals surface area contributed by atoms with E-state index < -0.39 is 16.0 Å². The van der Waals surface area contributed by atoms with Gasteiger partial charge in [0, 0.05) is 9.26 Å². The number of nitrogens with one attached hydrogen (secondary N) is 1. The Morgan fingerprint density at radius 1 is 1.06 bits per heavy atom. The molecule has 3 rings (SSSR count). The average molecular weight is 574 g/mol. The zero-order chi connectivity index (χ0) is 23.8. The van der Waals surface area contributed by atoms with Crippen molar-refractivity contribution in [1.29, 1.82) is 5.26 Å². The first-order valence-corrected chi connectivity index (χ1v) is 12.3. The van der Waals surface area contributed by atoms with Crippen molar-refractivity contribution < 1.29 is 22.1 Å². The largest absolute Gasteiger partial charge is 0.490 e. The van der Waals surface area contributed by atoms with Crippen molar-refractivity contribution in [2.45, 2.75) is 11.8 Å². The second kappa shape index (κ2) is 11.0. The molecule has 0 fully saturated rings. The van der Waals surface area contributed by atoms with Crippen molar-refractivity contribution >= 4 is 50.4 Å². The number of nitriles is 1. The molecule has 0 aliphatic rings. The molecule has 0 bridgehead atoms. The standard InChI is InChI=1S/C24H19IN2O5S/c1-2-31-23-15-17(8-13-22(23)32-33(29,30)21-6-4-3-5-7-21)14-18(16-26)24(28)27-20-11-9-19(25)10-12-20/h3-15H,2H2,1H3,(H,27,28)/b18-14+. The summed E-state index contributed by atoms with van der Waals surface area (Å²) >= 11 is 2.15. The summed E-state index contributed by atoms with van der Waals surface area (Å²) in [6.07, 6.45) is 1.39. The fourth-order valence-electron chi connectivity index (χ4n) is 2.75. The molecule has 0 atom stereocenters. The van der Waals surface area contributed by atoms with Crippen molar-refractivity contribution in [2.75, 3.05) is 11.9 Å². The van der Waals surface area contributed by atoms with Crippen LogP contribution in [0.15, 0.2) is 83.3 Å². The number of rotatable bonds is 8. The van der Waals surface area contributed by atoms with Gasteiger partial charge in [0.25, 0.3) is 5.91 Å². The molecular formula is C24H19IN2O5S. The van der Waals surface area contributed by atoms with E-state index >= 15 is 0 Å². The second-order valence-electron chi connectivity index (χ2n) is 6.62. The van der Waals surface area contributed by atoms with E-state index in [1.54, 1.807) is 37.3 Å². The summed E-state index contributed by atoms with van der Waals surface area (Å²) < 4.78 is 37.0. The molecule has 0 saturated carbocycles. The topological polar surface area (TPSA) is 105 Å². The fourth-order valence-corrected chi connectivity index (χ4v) is 4.07. The molecule has 33 heavy (non-hydrogen) atoms. The quantitative estimate of drug-likeness (QED) is 0.176. The summed E-state index contributed by atoms with van der Waals surface area (Å²) in [5, 5.41) is 12.1. The summed E-state index contributed by atoms with van der Waals surface area (Å²) in [5.41, 5.74) is 0.908. The van der Waals surface area contributed by atoms with E-state index in [0.29, 0.717) is 11.3 Å². The second-order valence-corrected chi connectivity index (χ2v) is 9.41. The van der Waals surface area contributed by atoms with E-state index in [9.17, 15) is 18.5 Å². The van der Waals surface area contributed by atoms with Gasteiger partial charge in [-0.05, 0) is 89.7 Å². The molecule has 0 radical (unpaired) electrons. The van der Waals surface area contributed by atoms with Gasteiger partial charge in [-0.25, -0.2) is 0 Å². The SMILES string of the molecule is CCOc1cc(/C=C(\C#N)C(=O)Nc2ccc(I)cc2)ccc1OS(=O)(=O)c1ccccc1. The van der Waals surface area contributed by atoms with E-state index in [4.69, 9.17) is 8.92 Å². The van der Waals surface area contributed by atoms with E-state index in [0.717, 1.165) is 3.57 Å². The summed E-state index contributed by atoms with van der Waals surface area (Å²) in [6, 6.07) is 21.2. The van der Waals surface area contributed by atoms with Crippen LogP contribution in [0, 0.1) is 14.9 Å². The van der Waals surface area contributed by atoms with Gasteiger partial charge in [-0.3, -0.25) is 4.79 Å². The van der Waals surface area contributed by atoms with Crippen LogP contribution in [0.5, 0.6) is 11.5 Å². The third-order valence-electron chi connectivity index (χ3n) is 4.28. The van der Waals surface area contributed by atoms with E-state index in [1.165, 1.54) is 36.4 Å². The lowest BCUT2D eigenvalue weighted by Crippen LogP contribution is -2.13. The zero-order valence-electron chi connectivity index (χ0n) is 17.5. The van der Waals surface area contributed by atoms with Gasteiger partial charge >= 0.3 is 10.1 Å². The van der Waals surface area contributed by atoms with Gasteiger partial charge in [0.15, 0.2) is 11.5 Å². The molecule has 168 valence electrons. The van der Waals surface area contributed by atoms with Crippen LogP contribution >= 0.6 is 22.6 Å². The molecular weight excluding hydrogens is 555 g/mol. The van der Waals surface area contributed by atoms with Crippen LogP contribution in [0.4, 0.5) is 5.69 Å². The number of hydrogen-bond donors (Lipinski definition) is 1. The number of amides is 1. The molecule has 3 aromatic carbocycles. The minimum Gasteiger partial charge on any atom is -0.490 e. The number of hydrogen-bond acceptors (Lipinski definition) is 6. The summed E-state index contributed by atoms with van der Waals surface area (Å²) in [4.78, 5) is 12.5. The number of halogens is 1. The lowest BCUT2D eigenvalue weighted by atomic mass is 10.1. The molecule has 1 amide bonds. The Bertz CT molecular complexity index is 1320. The summed E-state index contributed by atoms with van der Waals surface area (Å²) in [5.74, 6) is -0.399. The van der Waals surface area contributed by atoms with Crippen molar-refractivity contribution in [1.82, 2.24) is 0 Å². The van der Waals surface area contributed by atoms with Gasteiger partial charge in [-0.2, -0.15) is 13.7 Å². The Morgan fingerprint density at radius 3 is 2.39 bits per heavy atom. The molecule has 0 unspecified atom stereocenters. The predicted octanol–water partition coefficient (Wildman–Crippen LogP) is 5.00.